The number of rotatable bonds is 6. The predicted molar refractivity (Wildman–Crippen MR) is 86.4 cm³/mol. The highest BCUT2D eigenvalue weighted by molar-refractivity contribution is 5.94. The van der Waals surface area contributed by atoms with Gasteiger partial charge in [0.15, 0.2) is 0 Å². The fourth-order valence-corrected chi connectivity index (χ4v) is 2.06. The van der Waals surface area contributed by atoms with Gasteiger partial charge in [-0.25, -0.2) is 0 Å². The number of aryl methyl sites for hydroxylation is 1. The Morgan fingerprint density at radius 2 is 1.73 bits per heavy atom. The van der Waals surface area contributed by atoms with Crippen LogP contribution in [0.5, 0.6) is 0 Å². The Morgan fingerprint density at radius 1 is 0.955 bits per heavy atom. The van der Waals surface area contributed by atoms with Crippen LogP contribution < -0.4 is 10.6 Å². The first-order chi connectivity index (χ1) is 10.6. The standard InChI is InChI=1S/C18H20N2O2/c1-14-6-5-9-16(12-14)18(22)19-11-10-17(21)20-13-15-7-3-2-4-8-15/h2-9,12H,10-11,13H2,1H3,(H,19,22)(H,20,21). The van der Waals surface area contributed by atoms with Gasteiger partial charge in [-0.15, -0.1) is 0 Å². The van der Waals surface area contributed by atoms with Gasteiger partial charge in [-0.2, -0.15) is 0 Å². The molecule has 22 heavy (non-hydrogen) atoms. The summed E-state index contributed by atoms with van der Waals surface area (Å²) < 4.78 is 0. The average molecular weight is 296 g/mol. The predicted octanol–water partition coefficient (Wildman–Crippen LogP) is 2.43. The SMILES string of the molecule is Cc1cccc(C(=O)NCCC(=O)NCc2ccccc2)c1. The lowest BCUT2D eigenvalue weighted by molar-refractivity contribution is -0.121. The van der Waals surface area contributed by atoms with Crippen molar-refractivity contribution in [3.8, 4) is 0 Å². The number of amides is 2. The molecule has 0 aliphatic carbocycles. The van der Waals surface area contributed by atoms with Gasteiger partial charge in [0.2, 0.25) is 5.91 Å². The van der Waals surface area contributed by atoms with Crippen molar-refractivity contribution in [1.29, 1.82) is 0 Å². The van der Waals surface area contributed by atoms with E-state index in [2.05, 4.69) is 10.6 Å². The summed E-state index contributed by atoms with van der Waals surface area (Å²) in [7, 11) is 0. The van der Waals surface area contributed by atoms with Crippen LogP contribution in [0.2, 0.25) is 0 Å². The topological polar surface area (TPSA) is 58.2 Å². The van der Waals surface area contributed by atoms with Gasteiger partial charge in [-0.05, 0) is 24.6 Å². The molecule has 0 atom stereocenters. The van der Waals surface area contributed by atoms with Gasteiger partial charge in [0.05, 0.1) is 0 Å². The number of carbonyl (C=O) groups is 2. The molecule has 0 saturated carbocycles. The van der Waals surface area contributed by atoms with E-state index in [-0.39, 0.29) is 18.2 Å². The van der Waals surface area contributed by atoms with Crippen LogP contribution in [0.4, 0.5) is 0 Å². The molecule has 2 rings (SSSR count). The van der Waals surface area contributed by atoms with E-state index in [9.17, 15) is 9.59 Å². The largest absolute Gasteiger partial charge is 0.352 e. The van der Waals surface area contributed by atoms with E-state index < -0.39 is 0 Å². The molecular weight excluding hydrogens is 276 g/mol. The van der Waals surface area contributed by atoms with Crippen LogP contribution in [0, 0.1) is 6.92 Å². The lowest BCUT2D eigenvalue weighted by Gasteiger charge is -2.07. The van der Waals surface area contributed by atoms with Crippen molar-refractivity contribution in [3.05, 3.63) is 71.3 Å². The Labute approximate surface area is 130 Å². The third-order valence-corrected chi connectivity index (χ3v) is 3.25. The van der Waals surface area contributed by atoms with Gasteiger partial charge in [-0.3, -0.25) is 9.59 Å². The number of benzene rings is 2. The molecule has 2 aromatic rings. The number of hydrogen-bond donors (Lipinski definition) is 2. The van der Waals surface area contributed by atoms with Crippen LogP contribution >= 0.6 is 0 Å². The highest BCUT2D eigenvalue weighted by Crippen LogP contribution is 2.03. The minimum Gasteiger partial charge on any atom is -0.352 e. The van der Waals surface area contributed by atoms with Crippen LogP contribution in [-0.2, 0) is 11.3 Å². The Bertz CT molecular complexity index is 639. The maximum Gasteiger partial charge on any atom is 0.251 e. The third-order valence-electron chi connectivity index (χ3n) is 3.25. The van der Waals surface area contributed by atoms with Crippen molar-refractivity contribution in [2.75, 3.05) is 6.54 Å². The van der Waals surface area contributed by atoms with Gasteiger partial charge in [0, 0.05) is 25.1 Å². The second-order valence-electron chi connectivity index (χ2n) is 5.14. The van der Waals surface area contributed by atoms with E-state index in [0.717, 1.165) is 11.1 Å². The molecule has 0 aliphatic heterocycles. The Kier molecular flexibility index (Phi) is 5.72. The van der Waals surface area contributed by atoms with Gasteiger partial charge in [0.1, 0.15) is 0 Å². The molecule has 0 unspecified atom stereocenters. The zero-order chi connectivity index (χ0) is 15.8. The van der Waals surface area contributed by atoms with Gasteiger partial charge < -0.3 is 10.6 Å². The summed E-state index contributed by atoms with van der Waals surface area (Å²) in [6.45, 7) is 2.77. The highest BCUT2D eigenvalue weighted by atomic mass is 16.2. The van der Waals surface area contributed by atoms with Crippen molar-refractivity contribution < 1.29 is 9.59 Å². The summed E-state index contributed by atoms with van der Waals surface area (Å²) in [5.74, 6) is -0.229. The minimum absolute atomic E-state index is 0.0756. The molecule has 0 spiro atoms. The van der Waals surface area contributed by atoms with Crippen LogP contribution in [0.3, 0.4) is 0 Å². The van der Waals surface area contributed by atoms with E-state index >= 15 is 0 Å². The number of nitrogens with one attached hydrogen (secondary N) is 2. The molecule has 2 amide bonds. The van der Waals surface area contributed by atoms with Crippen LogP contribution in [0.25, 0.3) is 0 Å². The lowest BCUT2D eigenvalue weighted by atomic mass is 10.1. The lowest BCUT2D eigenvalue weighted by Crippen LogP contribution is -2.30. The molecule has 0 aliphatic rings. The van der Waals surface area contributed by atoms with E-state index in [1.807, 2.05) is 55.5 Å². The van der Waals surface area contributed by atoms with Crippen molar-refractivity contribution in [3.63, 3.8) is 0 Å². The molecule has 114 valence electrons. The molecule has 4 nitrogen and oxygen atoms in total. The first-order valence-corrected chi connectivity index (χ1v) is 7.30. The molecule has 4 heteroatoms. The fraction of sp³-hybridized carbons (Fsp3) is 0.222. The van der Waals surface area contributed by atoms with Gasteiger partial charge >= 0.3 is 0 Å². The molecule has 0 saturated heterocycles. The fourth-order valence-electron chi connectivity index (χ4n) is 2.06. The van der Waals surface area contributed by atoms with Crippen LogP contribution in [0.1, 0.15) is 27.9 Å². The van der Waals surface area contributed by atoms with E-state index in [0.29, 0.717) is 18.7 Å². The van der Waals surface area contributed by atoms with Gasteiger partial charge in [-0.1, -0.05) is 48.0 Å². The zero-order valence-electron chi connectivity index (χ0n) is 12.6. The molecule has 0 fully saturated rings. The summed E-state index contributed by atoms with van der Waals surface area (Å²) in [6.07, 6.45) is 0.268. The quantitative estimate of drug-likeness (QED) is 0.860. The minimum atomic E-state index is -0.153. The first-order valence-electron chi connectivity index (χ1n) is 7.30. The Hall–Kier alpha value is -2.62. The van der Waals surface area contributed by atoms with Crippen molar-refractivity contribution in [1.82, 2.24) is 10.6 Å². The maximum absolute atomic E-state index is 11.9. The van der Waals surface area contributed by atoms with E-state index in [1.165, 1.54) is 0 Å². The number of carbonyl (C=O) groups excluding carboxylic acids is 2. The van der Waals surface area contributed by atoms with E-state index in [4.69, 9.17) is 0 Å². The van der Waals surface area contributed by atoms with Crippen molar-refractivity contribution >= 4 is 11.8 Å². The normalized spacial score (nSPS) is 10.0. The molecular formula is C18H20N2O2. The Balaban J connectivity index is 1.69. The Morgan fingerprint density at radius 3 is 2.45 bits per heavy atom. The van der Waals surface area contributed by atoms with Gasteiger partial charge in [0.25, 0.3) is 5.91 Å². The molecule has 0 bridgehead atoms. The van der Waals surface area contributed by atoms with E-state index in [1.54, 1.807) is 6.07 Å². The number of hydrogen-bond acceptors (Lipinski definition) is 2. The van der Waals surface area contributed by atoms with Crippen LogP contribution in [-0.4, -0.2) is 18.4 Å². The summed E-state index contributed by atoms with van der Waals surface area (Å²) in [5.41, 5.74) is 2.71. The molecule has 0 heterocycles. The second-order valence-corrected chi connectivity index (χ2v) is 5.14. The molecule has 2 aromatic carbocycles. The first kappa shape index (κ1) is 15.8. The zero-order valence-corrected chi connectivity index (χ0v) is 12.6. The molecule has 0 radical (unpaired) electrons. The third kappa shape index (κ3) is 5.05. The second kappa shape index (κ2) is 7.98. The molecule has 0 aromatic heterocycles. The summed E-state index contributed by atoms with van der Waals surface area (Å²) >= 11 is 0. The highest BCUT2D eigenvalue weighted by Gasteiger charge is 2.06. The van der Waals surface area contributed by atoms with Crippen molar-refractivity contribution in [2.45, 2.75) is 19.9 Å². The summed E-state index contributed by atoms with van der Waals surface area (Å²) in [6, 6.07) is 17.1. The monoisotopic (exact) mass is 296 g/mol. The molecule has 2 N–H and O–H groups in total. The van der Waals surface area contributed by atoms with Crippen molar-refractivity contribution in [2.24, 2.45) is 0 Å². The summed E-state index contributed by atoms with van der Waals surface area (Å²) in [4.78, 5) is 23.6. The van der Waals surface area contributed by atoms with Crippen LogP contribution in [0.15, 0.2) is 54.6 Å². The summed E-state index contributed by atoms with van der Waals surface area (Å²) in [5, 5.41) is 5.59. The average Bonchev–Trinajstić information content (AvgIpc) is 2.54. The maximum atomic E-state index is 11.9. The smallest absolute Gasteiger partial charge is 0.251 e.